The van der Waals surface area contributed by atoms with Gasteiger partial charge in [0, 0.05) is 19.2 Å². The van der Waals surface area contributed by atoms with Crippen molar-refractivity contribution < 1.29 is 14.3 Å². The van der Waals surface area contributed by atoms with E-state index in [4.69, 9.17) is 9.47 Å². The van der Waals surface area contributed by atoms with Crippen LogP contribution in [0.4, 0.5) is 0 Å². The number of H-pyrrole nitrogens is 1. The van der Waals surface area contributed by atoms with Crippen LogP contribution >= 0.6 is 0 Å². The fraction of sp³-hybridized carbons (Fsp3) is 0.350. The first-order chi connectivity index (χ1) is 13.4. The average Bonchev–Trinajstić information content (AvgIpc) is 2.84. The van der Waals surface area contributed by atoms with Crippen LogP contribution in [0.2, 0.25) is 0 Å². The largest absolute Gasteiger partial charge is 0.490 e. The molecule has 28 heavy (non-hydrogen) atoms. The average molecular weight is 382 g/mol. The Morgan fingerprint density at radius 1 is 1.25 bits per heavy atom. The molecule has 0 spiro atoms. The van der Waals surface area contributed by atoms with Gasteiger partial charge in [0.05, 0.1) is 30.2 Å². The van der Waals surface area contributed by atoms with Crippen LogP contribution in [-0.4, -0.2) is 33.9 Å². The van der Waals surface area contributed by atoms with E-state index in [1.165, 1.54) is 4.68 Å². The number of fused-ring (bicyclic) bond motifs is 2. The molecule has 0 saturated heterocycles. The summed E-state index contributed by atoms with van der Waals surface area (Å²) in [6.07, 6.45) is 0.833. The number of hydrogen-bond acceptors (Lipinski definition) is 5. The van der Waals surface area contributed by atoms with Gasteiger partial charge in [0.25, 0.3) is 11.5 Å². The first-order valence-corrected chi connectivity index (χ1v) is 9.21. The summed E-state index contributed by atoms with van der Waals surface area (Å²) in [5.41, 5.74) is 1.99. The Morgan fingerprint density at radius 3 is 2.79 bits per heavy atom. The number of aromatic nitrogens is 3. The van der Waals surface area contributed by atoms with Crippen LogP contribution in [0.15, 0.2) is 29.1 Å². The molecule has 1 atom stereocenters. The second-order valence-corrected chi connectivity index (χ2v) is 6.96. The molecular weight excluding hydrogens is 360 g/mol. The zero-order valence-electron chi connectivity index (χ0n) is 16.0. The number of aromatic amines is 1. The van der Waals surface area contributed by atoms with Crippen LogP contribution in [-0.2, 0) is 7.05 Å². The smallest absolute Gasteiger partial charge is 0.274 e. The van der Waals surface area contributed by atoms with Gasteiger partial charge in [-0.15, -0.1) is 0 Å². The summed E-state index contributed by atoms with van der Waals surface area (Å²) in [6, 6.07) is 6.99. The Hall–Kier alpha value is -3.29. The molecule has 1 aliphatic rings. The van der Waals surface area contributed by atoms with Crippen molar-refractivity contribution in [2.45, 2.75) is 26.3 Å². The topological polar surface area (TPSA) is 98.2 Å². The zero-order chi connectivity index (χ0) is 19.8. The summed E-state index contributed by atoms with van der Waals surface area (Å²) >= 11 is 0. The zero-order valence-corrected chi connectivity index (χ0v) is 16.0. The lowest BCUT2D eigenvalue weighted by molar-refractivity contribution is 0.0941. The minimum Gasteiger partial charge on any atom is -0.490 e. The molecule has 0 aliphatic carbocycles. The van der Waals surface area contributed by atoms with E-state index >= 15 is 0 Å². The van der Waals surface area contributed by atoms with Crippen LogP contribution < -0.4 is 20.3 Å². The summed E-state index contributed by atoms with van der Waals surface area (Å²) in [5, 5.41) is 5.91. The Bertz CT molecular complexity index is 1120. The van der Waals surface area contributed by atoms with Gasteiger partial charge in [-0.05, 0) is 37.6 Å². The monoisotopic (exact) mass is 382 g/mol. The Labute approximate surface area is 161 Å². The van der Waals surface area contributed by atoms with Crippen LogP contribution in [0.25, 0.3) is 11.0 Å². The summed E-state index contributed by atoms with van der Waals surface area (Å²) in [7, 11) is 1.69. The standard InChI is InChI=1S/C20H22N4O4/c1-11-9-14(17-18(21-11)24(3)23-20(17)26)19(25)22-12(2)13-5-6-15-16(10-13)28-8-4-7-27-15/h5-6,9-10,12H,4,7-8H2,1-3H3,(H,22,25)(H,23,26)/t12-/m0/s1. The van der Waals surface area contributed by atoms with E-state index in [0.717, 1.165) is 12.0 Å². The Kier molecular flexibility index (Phi) is 4.54. The van der Waals surface area contributed by atoms with Gasteiger partial charge in [-0.1, -0.05) is 6.07 Å². The number of carbonyl (C=O) groups excluding carboxylic acids is 1. The molecule has 1 aromatic carbocycles. The summed E-state index contributed by atoms with van der Waals surface area (Å²) < 4.78 is 12.9. The van der Waals surface area contributed by atoms with Crippen LogP contribution in [0.5, 0.6) is 11.5 Å². The number of aryl methyl sites for hydroxylation is 2. The van der Waals surface area contributed by atoms with E-state index in [2.05, 4.69) is 15.4 Å². The van der Waals surface area contributed by atoms with Crippen molar-refractivity contribution in [3.63, 3.8) is 0 Å². The lowest BCUT2D eigenvalue weighted by Gasteiger charge is -2.17. The minimum atomic E-state index is -0.335. The van der Waals surface area contributed by atoms with Crippen molar-refractivity contribution >= 4 is 16.9 Å². The highest BCUT2D eigenvalue weighted by Gasteiger charge is 2.20. The highest BCUT2D eigenvalue weighted by Crippen LogP contribution is 2.32. The molecule has 1 aliphatic heterocycles. The van der Waals surface area contributed by atoms with Gasteiger partial charge in [-0.2, -0.15) is 0 Å². The molecule has 0 unspecified atom stereocenters. The summed E-state index contributed by atoms with van der Waals surface area (Å²) in [4.78, 5) is 29.6. The molecule has 3 heterocycles. The number of benzene rings is 1. The summed E-state index contributed by atoms with van der Waals surface area (Å²) in [5.74, 6) is 1.06. The fourth-order valence-electron chi connectivity index (χ4n) is 3.37. The van der Waals surface area contributed by atoms with Crippen molar-refractivity contribution in [1.29, 1.82) is 0 Å². The highest BCUT2D eigenvalue weighted by molar-refractivity contribution is 6.05. The van der Waals surface area contributed by atoms with Crippen molar-refractivity contribution in [2.75, 3.05) is 13.2 Å². The fourth-order valence-corrected chi connectivity index (χ4v) is 3.37. The number of amides is 1. The molecule has 0 radical (unpaired) electrons. The maximum Gasteiger partial charge on any atom is 0.274 e. The number of nitrogens with zero attached hydrogens (tertiary/aromatic N) is 2. The second-order valence-electron chi connectivity index (χ2n) is 6.96. The maximum atomic E-state index is 12.9. The maximum absolute atomic E-state index is 12.9. The molecule has 8 heteroatoms. The van der Waals surface area contributed by atoms with Gasteiger partial charge >= 0.3 is 0 Å². The molecule has 4 rings (SSSR count). The number of nitrogens with one attached hydrogen (secondary N) is 2. The van der Waals surface area contributed by atoms with Crippen LogP contribution in [0, 0.1) is 6.92 Å². The second kappa shape index (κ2) is 7.03. The van der Waals surface area contributed by atoms with Gasteiger partial charge < -0.3 is 14.8 Å². The third kappa shape index (κ3) is 3.21. The lowest BCUT2D eigenvalue weighted by atomic mass is 10.1. The molecule has 1 amide bonds. The van der Waals surface area contributed by atoms with E-state index in [1.807, 2.05) is 25.1 Å². The number of hydrogen-bond donors (Lipinski definition) is 2. The first kappa shape index (κ1) is 18.1. The molecule has 3 aromatic rings. The number of ether oxygens (including phenoxy) is 2. The minimum absolute atomic E-state index is 0.282. The number of carbonyl (C=O) groups is 1. The molecule has 2 N–H and O–H groups in total. The summed E-state index contributed by atoms with van der Waals surface area (Å²) in [6.45, 7) is 4.91. The van der Waals surface area contributed by atoms with Gasteiger partial charge in [-0.3, -0.25) is 19.4 Å². The molecule has 146 valence electrons. The third-order valence-corrected chi connectivity index (χ3v) is 4.81. The predicted octanol–water partition coefficient (Wildman–Crippen LogP) is 2.22. The van der Waals surface area contributed by atoms with Gasteiger partial charge in [0.1, 0.15) is 0 Å². The molecule has 0 saturated carbocycles. The van der Waals surface area contributed by atoms with Gasteiger partial charge in [0.2, 0.25) is 0 Å². The predicted molar refractivity (Wildman–Crippen MR) is 104 cm³/mol. The number of pyridine rings is 1. The van der Waals surface area contributed by atoms with E-state index in [-0.39, 0.29) is 22.9 Å². The van der Waals surface area contributed by atoms with Crippen molar-refractivity contribution in [3.8, 4) is 11.5 Å². The first-order valence-electron chi connectivity index (χ1n) is 9.21. The van der Waals surface area contributed by atoms with E-state index in [1.54, 1.807) is 20.0 Å². The molecule has 0 fully saturated rings. The van der Waals surface area contributed by atoms with Crippen molar-refractivity contribution in [1.82, 2.24) is 20.1 Å². The number of rotatable bonds is 3. The quantitative estimate of drug-likeness (QED) is 0.724. The lowest BCUT2D eigenvalue weighted by Crippen LogP contribution is -2.27. The Balaban J connectivity index is 1.63. The van der Waals surface area contributed by atoms with E-state index in [0.29, 0.717) is 41.6 Å². The van der Waals surface area contributed by atoms with E-state index < -0.39 is 0 Å². The molecule has 2 aromatic heterocycles. The Morgan fingerprint density at radius 2 is 2.00 bits per heavy atom. The van der Waals surface area contributed by atoms with Gasteiger partial charge in [0.15, 0.2) is 17.1 Å². The molecular formula is C20H22N4O4. The molecule has 8 nitrogen and oxygen atoms in total. The van der Waals surface area contributed by atoms with Crippen LogP contribution in [0.1, 0.15) is 41.0 Å². The van der Waals surface area contributed by atoms with Gasteiger partial charge in [-0.25, -0.2) is 4.98 Å². The normalized spacial score (nSPS) is 14.5. The molecule has 0 bridgehead atoms. The highest BCUT2D eigenvalue weighted by atomic mass is 16.5. The van der Waals surface area contributed by atoms with Crippen molar-refractivity contribution in [3.05, 3.63) is 51.4 Å². The van der Waals surface area contributed by atoms with Crippen molar-refractivity contribution in [2.24, 2.45) is 7.05 Å². The van der Waals surface area contributed by atoms with E-state index in [9.17, 15) is 9.59 Å². The SMILES string of the molecule is Cc1cc(C(=O)N[C@@H](C)c2ccc3c(c2)OCCCO3)c2c(=O)[nH]n(C)c2n1. The third-order valence-electron chi connectivity index (χ3n) is 4.81. The van der Waals surface area contributed by atoms with Crippen LogP contribution in [0.3, 0.4) is 0 Å².